The first kappa shape index (κ1) is 21.0. The zero-order valence-corrected chi connectivity index (χ0v) is 18.3. The van der Waals surface area contributed by atoms with E-state index in [0.29, 0.717) is 12.8 Å². The maximum atomic E-state index is 12.7. The van der Waals surface area contributed by atoms with E-state index in [2.05, 4.69) is 47.5 Å². The molecule has 0 spiro atoms. The molecular formula is C21H32N4O2S. The van der Waals surface area contributed by atoms with Gasteiger partial charge in [-0.3, -0.25) is 14.4 Å². The fourth-order valence-corrected chi connectivity index (χ4v) is 4.82. The molecule has 0 bridgehead atoms. The number of piperidine rings is 1. The number of likely N-dealkylation sites (tertiary alicyclic amines) is 1. The van der Waals surface area contributed by atoms with Crippen LogP contribution in [0.25, 0.3) is 0 Å². The molecule has 2 aromatic rings. The minimum atomic E-state index is -0.965. The number of aromatic nitrogens is 2. The monoisotopic (exact) mass is 404 g/mol. The molecule has 1 aliphatic rings. The van der Waals surface area contributed by atoms with Gasteiger partial charge in [0, 0.05) is 43.2 Å². The van der Waals surface area contributed by atoms with E-state index in [-0.39, 0.29) is 23.4 Å². The van der Waals surface area contributed by atoms with Crippen LogP contribution in [0.5, 0.6) is 0 Å². The third kappa shape index (κ3) is 5.01. The molecule has 3 atom stereocenters. The molecule has 3 unspecified atom stereocenters. The van der Waals surface area contributed by atoms with Crippen LogP contribution >= 0.6 is 11.3 Å². The summed E-state index contributed by atoms with van der Waals surface area (Å²) in [6.45, 7) is 9.50. The quantitative estimate of drug-likeness (QED) is 0.803. The number of nitrogens with zero attached hydrogens (tertiary/aromatic N) is 3. The van der Waals surface area contributed by atoms with Crippen LogP contribution in [0.2, 0.25) is 0 Å². The Balaban J connectivity index is 1.89. The van der Waals surface area contributed by atoms with Gasteiger partial charge in [0.1, 0.15) is 0 Å². The van der Waals surface area contributed by atoms with Crippen molar-refractivity contribution in [3.05, 3.63) is 40.3 Å². The Bertz CT molecular complexity index is 792. The summed E-state index contributed by atoms with van der Waals surface area (Å²) in [5.74, 6) is -0.0115. The molecule has 1 saturated heterocycles. The number of thiophene rings is 1. The van der Waals surface area contributed by atoms with E-state index in [1.54, 1.807) is 16.0 Å². The maximum Gasteiger partial charge on any atom is 0.220 e. The summed E-state index contributed by atoms with van der Waals surface area (Å²) in [5, 5.41) is 20.7. The molecule has 0 saturated carbocycles. The van der Waals surface area contributed by atoms with Crippen LogP contribution < -0.4 is 5.32 Å². The minimum absolute atomic E-state index is 0.0115. The number of carbonyl (C=O) groups is 1. The summed E-state index contributed by atoms with van der Waals surface area (Å²) >= 11 is 1.67. The number of carbonyl (C=O) groups excluding carboxylic acids is 1. The standard InChI is InChI=1S/C21H32N4O2S/c1-20(2,3)11-17(26)23-19-18(16-7-6-10-28-16)25(9-8-21(19,4)27)14-15-12-22-24(5)13-15/h6-7,10,12-13,18-19,27H,8-9,11,14H2,1-5H3,(H,23,26). The fourth-order valence-electron chi connectivity index (χ4n) is 3.93. The van der Waals surface area contributed by atoms with Crippen LogP contribution in [0.4, 0.5) is 0 Å². The lowest BCUT2D eigenvalue weighted by molar-refractivity contribution is -0.130. The number of aryl methyl sites for hydroxylation is 1. The Hall–Kier alpha value is -1.70. The average Bonchev–Trinajstić information content (AvgIpc) is 3.21. The minimum Gasteiger partial charge on any atom is -0.388 e. The lowest BCUT2D eigenvalue weighted by Gasteiger charge is -2.48. The highest BCUT2D eigenvalue weighted by Gasteiger charge is 2.46. The van der Waals surface area contributed by atoms with Crippen LogP contribution in [0.15, 0.2) is 29.9 Å². The van der Waals surface area contributed by atoms with E-state index in [0.717, 1.165) is 23.5 Å². The molecule has 0 aliphatic carbocycles. The van der Waals surface area contributed by atoms with Crippen LogP contribution in [0.1, 0.15) is 57.0 Å². The van der Waals surface area contributed by atoms with Crippen LogP contribution in [0, 0.1) is 5.41 Å². The molecule has 0 radical (unpaired) electrons. The van der Waals surface area contributed by atoms with Gasteiger partial charge in [-0.1, -0.05) is 26.8 Å². The third-order valence-corrected chi connectivity index (χ3v) is 6.21. The molecule has 154 valence electrons. The summed E-state index contributed by atoms with van der Waals surface area (Å²) in [4.78, 5) is 16.3. The molecule has 1 aliphatic heterocycles. The smallest absolute Gasteiger partial charge is 0.220 e. The van der Waals surface area contributed by atoms with Crippen molar-refractivity contribution in [2.45, 2.75) is 64.8 Å². The zero-order valence-electron chi connectivity index (χ0n) is 17.5. The first-order valence-electron chi connectivity index (χ1n) is 9.82. The molecule has 6 nitrogen and oxygen atoms in total. The summed E-state index contributed by atoms with van der Waals surface area (Å²) in [6.07, 6.45) is 4.94. The molecule has 0 aromatic carbocycles. The summed E-state index contributed by atoms with van der Waals surface area (Å²) in [6, 6.07) is 3.68. The lowest BCUT2D eigenvalue weighted by Crippen LogP contribution is -2.62. The molecule has 7 heteroatoms. The van der Waals surface area contributed by atoms with E-state index >= 15 is 0 Å². The van der Waals surface area contributed by atoms with E-state index in [9.17, 15) is 9.90 Å². The molecule has 1 fully saturated rings. The predicted octanol–water partition coefficient (Wildman–Crippen LogP) is 3.10. The Kier molecular flexibility index (Phi) is 5.98. The Morgan fingerprint density at radius 3 is 2.79 bits per heavy atom. The van der Waals surface area contributed by atoms with Crippen molar-refractivity contribution in [3.8, 4) is 0 Å². The molecule has 3 heterocycles. The second-order valence-corrected chi connectivity index (χ2v) is 10.3. The highest BCUT2D eigenvalue weighted by molar-refractivity contribution is 7.10. The van der Waals surface area contributed by atoms with E-state index < -0.39 is 5.60 Å². The fraction of sp³-hybridized carbons (Fsp3) is 0.619. The Morgan fingerprint density at radius 1 is 1.46 bits per heavy atom. The van der Waals surface area contributed by atoms with Crippen molar-refractivity contribution in [3.63, 3.8) is 0 Å². The SMILES string of the molecule is Cn1cc(CN2CCC(C)(O)C(NC(=O)CC(C)(C)C)C2c2cccs2)cn1. The van der Waals surface area contributed by atoms with Gasteiger partial charge >= 0.3 is 0 Å². The topological polar surface area (TPSA) is 70.4 Å². The molecule has 2 aromatic heterocycles. The van der Waals surface area contributed by atoms with E-state index in [1.807, 2.05) is 32.4 Å². The van der Waals surface area contributed by atoms with Gasteiger partial charge in [-0.15, -0.1) is 11.3 Å². The number of aliphatic hydroxyl groups is 1. The first-order valence-corrected chi connectivity index (χ1v) is 10.7. The second kappa shape index (κ2) is 7.97. The van der Waals surface area contributed by atoms with Crippen molar-refractivity contribution < 1.29 is 9.90 Å². The van der Waals surface area contributed by atoms with Crippen LogP contribution in [-0.4, -0.2) is 43.9 Å². The number of amides is 1. The Morgan fingerprint density at radius 2 is 2.21 bits per heavy atom. The average molecular weight is 405 g/mol. The number of rotatable bonds is 5. The van der Waals surface area contributed by atoms with Gasteiger partial charge in [0.15, 0.2) is 0 Å². The highest BCUT2D eigenvalue weighted by atomic mass is 32.1. The summed E-state index contributed by atoms with van der Waals surface area (Å²) in [7, 11) is 1.91. The van der Waals surface area contributed by atoms with Gasteiger partial charge in [0.25, 0.3) is 0 Å². The molecular weight excluding hydrogens is 372 g/mol. The predicted molar refractivity (Wildman–Crippen MR) is 112 cm³/mol. The Labute approximate surface area is 171 Å². The van der Waals surface area contributed by atoms with Crippen molar-refractivity contribution in [1.82, 2.24) is 20.0 Å². The van der Waals surface area contributed by atoms with Gasteiger partial charge in [-0.05, 0) is 30.2 Å². The lowest BCUT2D eigenvalue weighted by atomic mass is 9.81. The zero-order chi connectivity index (χ0) is 20.5. The highest BCUT2D eigenvalue weighted by Crippen LogP contribution is 2.39. The third-order valence-electron chi connectivity index (χ3n) is 5.27. The van der Waals surface area contributed by atoms with Gasteiger partial charge in [-0.2, -0.15) is 5.10 Å². The number of hydrogen-bond acceptors (Lipinski definition) is 5. The van der Waals surface area contributed by atoms with Gasteiger partial charge < -0.3 is 10.4 Å². The van der Waals surface area contributed by atoms with Gasteiger partial charge in [-0.25, -0.2) is 0 Å². The van der Waals surface area contributed by atoms with E-state index in [1.165, 1.54) is 0 Å². The number of nitrogens with one attached hydrogen (secondary N) is 1. The van der Waals surface area contributed by atoms with Crippen molar-refractivity contribution in [1.29, 1.82) is 0 Å². The molecule has 3 rings (SSSR count). The maximum absolute atomic E-state index is 12.7. The second-order valence-electron chi connectivity index (χ2n) is 9.34. The van der Waals surface area contributed by atoms with Crippen molar-refractivity contribution >= 4 is 17.2 Å². The normalized spacial score (nSPS) is 26.4. The first-order chi connectivity index (χ1) is 13.0. The van der Waals surface area contributed by atoms with Gasteiger partial charge in [0.05, 0.1) is 23.9 Å². The van der Waals surface area contributed by atoms with Crippen molar-refractivity contribution in [2.24, 2.45) is 12.5 Å². The van der Waals surface area contributed by atoms with Gasteiger partial charge in [0.2, 0.25) is 5.91 Å². The largest absolute Gasteiger partial charge is 0.388 e. The van der Waals surface area contributed by atoms with Crippen LogP contribution in [-0.2, 0) is 18.4 Å². The molecule has 2 N–H and O–H groups in total. The summed E-state index contributed by atoms with van der Waals surface area (Å²) in [5.41, 5.74) is 0.0665. The van der Waals surface area contributed by atoms with E-state index in [4.69, 9.17) is 0 Å². The molecule has 28 heavy (non-hydrogen) atoms. The summed E-state index contributed by atoms with van der Waals surface area (Å²) < 4.78 is 1.80. The molecule has 1 amide bonds. The van der Waals surface area contributed by atoms with Crippen molar-refractivity contribution in [2.75, 3.05) is 6.54 Å². The van der Waals surface area contributed by atoms with Crippen LogP contribution in [0.3, 0.4) is 0 Å². The number of hydrogen-bond donors (Lipinski definition) is 2.